The van der Waals surface area contributed by atoms with E-state index in [0.717, 1.165) is 28.3 Å². The first-order valence-corrected chi connectivity index (χ1v) is 6.09. The molecule has 0 aliphatic carbocycles. The van der Waals surface area contributed by atoms with Crippen molar-refractivity contribution in [2.24, 2.45) is 0 Å². The van der Waals surface area contributed by atoms with E-state index >= 15 is 0 Å². The lowest BCUT2D eigenvalue weighted by Gasteiger charge is -2.06. The zero-order valence-corrected chi connectivity index (χ0v) is 10.3. The highest BCUT2D eigenvalue weighted by Crippen LogP contribution is 2.38. The van der Waals surface area contributed by atoms with Crippen molar-refractivity contribution in [2.45, 2.75) is 13.3 Å². The summed E-state index contributed by atoms with van der Waals surface area (Å²) in [5, 5.41) is 0.862. The largest absolute Gasteiger partial charge is 0.496 e. The molecule has 0 unspecified atom stereocenters. The summed E-state index contributed by atoms with van der Waals surface area (Å²) < 4.78 is 5.35. The van der Waals surface area contributed by atoms with Crippen LogP contribution >= 0.6 is 11.3 Å². The van der Waals surface area contributed by atoms with Gasteiger partial charge in [-0.05, 0) is 18.6 Å². The van der Waals surface area contributed by atoms with Crippen LogP contribution in [0.3, 0.4) is 0 Å². The van der Waals surface area contributed by atoms with Gasteiger partial charge in [0.2, 0.25) is 0 Å². The number of hydrogen-bond donors (Lipinski definition) is 1. The number of benzene rings is 1. The van der Waals surface area contributed by atoms with Crippen LogP contribution in [0.1, 0.15) is 11.8 Å². The fourth-order valence-electron chi connectivity index (χ4n) is 1.71. The van der Waals surface area contributed by atoms with Crippen LogP contribution in [-0.2, 0) is 6.42 Å². The van der Waals surface area contributed by atoms with Gasteiger partial charge in [0.1, 0.15) is 5.75 Å². The van der Waals surface area contributed by atoms with Crippen LogP contribution in [0.4, 0.5) is 5.00 Å². The van der Waals surface area contributed by atoms with Crippen LogP contribution in [0.25, 0.3) is 11.1 Å². The molecule has 2 aromatic rings. The van der Waals surface area contributed by atoms with E-state index in [1.807, 2.05) is 24.3 Å². The first-order chi connectivity index (χ1) is 7.76. The fourth-order valence-corrected chi connectivity index (χ4v) is 2.59. The van der Waals surface area contributed by atoms with Crippen molar-refractivity contribution in [2.75, 3.05) is 12.8 Å². The summed E-state index contributed by atoms with van der Waals surface area (Å²) >= 11 is 1.65. The lowest BCUT2D eigenvalue weighted by molar-refractivity contribution is 0.416. The second-order valence-electron chi connectivity index (χ2n) is 3.54. The molecule has 0 fully saturated rings. The van der Waals surface area contributed by atoms with Crippen molar-refractivity contribution in [3.8, 4) is 16.9 Å². The van der Waals surface area contributed by atoms with Gasteiger partial charge in [-0.2, -0.15) is 0 Å². The summed E-state index contributed by atoms with van der Waals surface area (Å²) in [4.78, 5) is 1.30. The van der Waals surface area contributed by atoms with Gasteiger partial charge in [-0.3, -0.25) is 0 Å². The zero-order chi connectivity index (χ0) is 11.5. The molecule has 0 saturated heterocycles. The van der Waals surface area contributed by atoms with Gasteiger partial charge in [-0.15, -0.1) is 11.3 Å². The lowest BCUT2D eigenvalue weighted by atomic mass is 10.1. The minimum Gasteiger partial charge on any atom is -0.496 e. The molecule has 84 valence electrons. The number of para-hydroxylation sites is 1. The first-order valence-electron chi connectivity index (χ1n) is 5.27. The van der Waals surface area contributed by atoms with Gasteiger partial charge in [-0.1, -0.05) is 25.1 Å². The molecule has 0 amide bonds. The average molecular weight is 233 g/mol. The zero-order valence-electron chi connectivity index (χ0n) is 9.49. The molecular weight excluding hydrogens is 218 g/mol. The maximum Gasteiger partial charge on any atom is 0.126 e. The van der Waals surface area contributed by atoms with Gasteiger partial charge in [0, 0.05) is 16.0 Å². The summed E-state index contributed by atoms with van der Waals surface area (Å²) in [5.41, 5.74) is 8.19. The highest BCUT2D eigenvalue weighted by molar-refractivity contribution is 7.16. The number of aryl methyl sites for hydroxylation is 1. The number of methoxy groups -OCH3 is 1. The smallest absolute Gasteiger partial charge is 0.126 e. The Kier molecular flexibility index (Phi) is 3.15. The van der Waals surface area contributed by atoms with Crippen molar-refractivity contribution in [3.05, 3.63) is 35.2 Å². The number of thiophene rings is 1. The first kappa shape index (κ1) is 11.0. The van der Waals surface area contributed by atoms with Crippen molar-refractivity contribution in [1.29, 1.82) is 0 Å². The molecule has 2 rings (SSSR count). The van der Waals surface area contributed by atoms with Gasteiger partial charge in [0.05, 0.1) is 12.1 Å². The summed E-state index contributed by atoms with van der Waals surface area (Å²) in [6.07, 6.45) is 1.02. The Morgan fingerprint density at radius 2 is 2.00 bits per heavy atom. The molecule has 2 nitrogen and oxygen atoms in total. The van der Waals surface area contributed by atoms with Crippen LogP contribution in [0, 0.1) is 0 Å². The van der Waals surface area contributed by atoms with E-state index in [-0.39, 0.29) is 0 Å². The van der Waals surface area contributed by atoms with Crippen LogP contribution in [0.2, 0.25) is 0 Å². The minimum atomic E-state index is 0.862. The van der Waals surface area contributed by atoms with Crippen LogP contribution in [0.15, 0.2) is 30.3 Å². The van der Waals surface area contributed by atoms with Gasteiger partial charge >= 0.3 is 0 Å². The monoisotopic (exact) mass is 233 g/mol. The molecular formula is C13H15NOS. The number of nitrogens with two attached hydrogens (primary N) is 1. The number of rotatable bonds is 3. The van der Waals surface area contributed by atoms with Crippen molar-refractivity contribution in [3.63, 3.8) is 0 Å². The highest BCUT2D eigenvalue weighted by Gasteiger charge is 2.11. The Bertz CT molecular complexity index is 490. The van der Waals surface area contributed by atoms with Gasteiger partial charge < -0.3 is 10.5 Å². The van der Waals surface area contributed by atoms with Gasteiger partial charge in [0.25, 0.3) is 0 Å². The number of ether oxygens (including phenoxy) is 1. The molecule has 0 saturated carbocycles. The number of nitrogen functional groups attached to an aromatic ring is 1. The molecule has 1 aromatic heterocycles. The summed E-state index contributed by atoms with van der Waals surface area (Å²) in [6, 6.07) is 10.1. The molecule has 0 aliphatic heterocycles. The molecule has 3 heteroatoms. The SMILES string of the molecule is CCc1cc(-c2ccccc2OC)c(N)s1. The maximum absolute atomic E-state index is 6.04. The maximum atomic E-state index is 6.04. The van der Waals surface area contributed by atoms with Gasteiger partial charge in [0.15, 0.2) is 0 Å². The average Bonchev–Trinajstić information content (AvgIpc) is 2.70. The normalized spacial score (nSPS) is 10.4. The molecule has 0 aliphatic rings. The molecule has 0 atom stereocenters. The van der Waals surface area contributed by atoms with Crippen molar-refractivity contribution in [1.82, 2.24) is 0 Å². The van der Waals surface area contributed by atoms with E-state index in [0.29, 0.717) is 0 Å². The van der Waals surface area contributed by atoms with Gasteiger partial charge in [-0.25, -0.2) is 0 Å². The molecule has 1 aromatic carbocycles. The van der Waals surface area contributed by atoms with E-state index in [2.05, 4.69) is 13.0 Å². The fraction of sp³-hybridized carbons (Fsp3) is 0.231. The minimum absolute atomic E-state index is 0.862. The van der Waals surface area contributed by atoms with E-state index in [4.69, 9.17) is 10.5 Å². The Balaban J connectivity index is 2.53. The van der Waals surface area contributed by atoms with Crippen molar-refractivity contribution < 1.29 is 4.74 Å². The second kappa shape index (κ2) is 4.58. The molecule has 0 bridgehead atoms. The highest BCUT2D eigenvalue weighted by atomic mass is 32.1. The third-order valence-corrected chi connectivity index (χ3v) is 3.67. The predicted octanol–water partition coefficient (Wildman–Crippen LogP) is 3.57. The standard InChI is InChI=1S/C13H15NOS/c1-3-9-8-11(13(14)16-9)10-6-4-5-7-12(10)15-2/h4-8H,3,14H2,1-2H3. The lowest BCUT2D eigenvalue weighted by Crippen LogP contribution is -1.88. The Morgan fingerprint density at radius 1 is 1.25 bits per heavy atom. The third-order valence-electron chi connectivity index (χ3n) is 2.56. The summed E-state index contributed by atoms with van der Waals surface area (Å²) in [5.74, 6) is 0.870. The predicted molar refractivity (Wildman–Crippen MR) is 70.1 cm³/mol. The molecule has 16 heavy (non-hydrogen) atoms. The number of anilines is 1. The Labute approximate surface area is 99.7 Å². The second-order valence-corrected chi connectivity index (χ2v) is 4.71. The third kappa shape index (κ3) is 1.91. The number of hydrogen-bond acceptors (Lipinski definition) is 3. The van der Waals surface area contributed by atoms with Crippen LogP contribution in [-0.4, -0.2) is 7.11 Å². The van der Waals surface area contributed by atoms with E-state index in [1.165, 1.54) is 4.88 Å². The molecule has 0 spiro atoms. The Morgan fingerprint density at radius 3 is 2.62 bits per heavy atom. The molecule has 0 radical (unpaired) electrons. The van der Waals surface area contributed by atoms with E-state index in [1.54, 1.807) is 18.4 Å². The summed E-state index contributed by atoms with van der Waals surface area (Å²) in [7, 11) is 1.68. The quantitative estimate of drug-likeness (QED) is 0.879. The Hall–Kier alpha value is -1.48. The van der Waals surface area contributed by atoms with Crippen molar-refractivity contribution >= 4 is 16.3 Å². The van der Waals surface area contributed by atoms with E-state index in [9.17, 15) is 0 Å². The van der Waals surface area contributed by atoms with Crippen LogP contribution < -0.4 is 10.5 Å². The topological polar surface area (TPSA) is 35.2 Å². The molecule has 1 heterocycles. The molecule has 2 N–H and O–H groups in total. The van der Waals surface area contributed by atoms with Crippen LogP contribution in [0.5, 0.6) is 5.75 Å². The van der Waals surface area contributed by atoms with E-state index < -0.39 is 0 Å². The summed E-state index contributed by atoms with van der Waals surface area (Å²) in [6.45, 7) is 2.14.